The van der Waals surface area contributed by atoms with Gasteiger partial charge in [0.15, 0.2) is 0 Å². The number of hydrogen-bond donors (Lipinski definition) is 0. The third-order valence-electron chi connectivity index (χ3n) is 8.34. The molecule has 3 aliphatic carbocycles. The van der Waals surface area contributed by atoms with Gasteiger partial charge >= 0.3 is 0 Å². The highest BCUT2D eigenvalue weighted by Gasteiger charge is 2.68. The topological polar surface area (TPSA) is 12.5 Å². The maximum absolute atomic E-state index is 6.39. The highest BCUT2D eigenvalue weighted by atomic mass is 16.6. The summed E-state index contributed by atoms with van der Waals surface area (Å²) in [7, 11) is 0. The summed E-state index contributed by atoms with van der Waals surface area (Å²) in [4.78, 5) is 0. The Morgan fingerprint density at radius 3 is 2.38 bits per heavy atom. The summed E-state index contributed by atoms with van der Waals surface area (Å²) in [5.74, 6) is 6.30. The zero-order valence-corrected chi connectivity index (χ0v) is 14.9. The van der Waals surface area contributed by atoms with E-state index in [1.165, 1.54) is 25.7 Å². The molecule has 0 N–H and O–H groups in total. The molecule has 21 heavy (non-hydrogen) atoms. The van der Waals surface area contributed by atoms with Gasteiger partial charge < -0.3 is 4.74 Å². The third-order valence-corrected chi connectivity index (χ3v) is 8.34. The molecule has 0 radical (unpaired) electrons. The first-order valence-electron chi connectivity index (χ1n) is 9.42. The minimum absolute atomic E-state index is 0.223. The van der Waals surface area contributed by atoms with Crippen LogP contribution in [0.4, 0.5) is 0 Å². The van der Waals surface area contributed by atoms with Crippen LogP contribution in [0.25, 0.3) is 0 Å². The van der Waals surface area contributed by atoms with Gasteiger partial charge in [-0.2, -0.15) is 0 Å². The Bertz CT molecular complexity index is 441. The van der Waals surface area contributed by atoms with Crippen molar-refractivity contribution in [2.75, 3.05) is 0 Å². The lowest BCUT2D eigenvalue weighted by Gasteiger charge is -2.53. The standard InChI is InChI=1S/C20H34O/c1-11-7-14-10-20(6)18(21-20)17-16(15(14)8-11)12(2)9-13(3)19(17,4)5/h11-18H,7-10H2,1-6H3. The van der Waals surface area contributed by atoms with Crippen LogP contribution >= 0.6 is 0 Å². The Morgan fingerprint density at radius 1 is 0.952 bits per heavy atom. The fraction of sp³-hybridized carbons (Fsp3) is 1.00. The number of ether oxygens (including phenoxy) is 1. The molecule has 9 atom stereocenters. The van der Waals surface area contributed by atoms with E-state index in [4.69, 9.17) is 4.74 Å². The molecule has 120 valence electrons. The first-order chi connectivity index (χ1) is 9.74. The van der Waals surface area contributed by atoms with Crippen LogP contribution in [0, 0.1) is 46.8 Å². The first-order valence-corrected chi connectivity index (χ1v) is 9.42. The number of hydrogen-bond acceptors (Lipinski definition) is 1. The average molecular weight is 290 g/mol. The van der Waals surface area contributed by atoms with Gasteiger partial charge in [-0.05, 0) is 79.4 Å². The fourth-order valence-corrected chi connectivity index (χ4v) is 7.02. The van der Waals surface area contributed by atoms with Crippen LogP contribution in [0.15, 0.2) is 0 Å². The van der Waals surface area contributed by atoms with Gasteiger partial charge in [0.05, 0.1) is 11.7 Å². The molecule has 1 aliphatic heterocycles. The molecule has 1 saturated heterocycles. The second kappa shape index (κ2) is 4.28. The molecule has 0 amide bonds. The fourth-order valence-electron chi connectivity index (χ4n) is 7.02. The monoisotopic (exact) mass is 290 g/mol. The van der Waals surface area contributed by atoms with Crippen molar-refractivity contribution in [3.63, 3.8) is 0 Å². The van der Waals surface area contributed by atoms with Crippen molar-refractivity contribution in [1.82, 2.24) is 0 Å². The molecule has 0 spiro atoms. The van der Waals surface area contributed by atoms with E-state index < -0.39 is 0 Å². The Hall–Kier alpha value is -0.0400. The van der Waals surface area contributed by atoms with Crippen molar-refractivity contribution >= 4 is 0 Å². The Labute approximate surface area is 131 Å². The Balaban J connectivity index is 1.77. The second-order valence-corrected chi connectivity index (χ2v) is 10.1. The predicted molar refractivity (Wildman–Crippen MR) is 87.0 cm³/mol. The molecule has 0 bridgehead atoms. The van der Waals surface area contributed by atoms with Crippen molar-refractivity contribution in [1.29, 1.82) is 0 Å². The lowest BCUT2D eigenvalue weighted by Crippen LogP contribution is -2.49. The van der Waals surface area contributed by atoms with Gasteiger partial charge in [0.25, 0.3) is 0 Å². The molecule has 1 heterocycles. The minimum Gasteiger partial charge on any atom is -0.366 e. The lowest BCUT2D eigenvalue weighted by atomic mass is 9.51. The van der Waals surface area contributed by atoms with E-state index in [9.17, 15) is 0 Å². The van der Waals surface area contributed by atoms with E-state index in [1.807, 2.05) is 0 Å². The van der Waals surface area contributed by atoms with E-state index in [0.717, 1.165) is 41.4 Å². The summed E-state index contributed by atoms with van der Waals surface area (Å²) in [6.45, 7) is 15.0. The van der Waals surface area contributed by atoms with Gasteiger partial charge in [-0.15, -0.1) is 0 Å². The van der Waals surface area contributed by atoms with Crippen molar-refractivity contribution in [2.24, 2.45) is 46.8 Å². The van der Waals surface area contributed by atoms with Crippen molar-refractivity contribution < 1.29 is 4.74 Å². The number of fused-ring (bicyclic) bond motifs is 5. The van der Waals surface area contributed by atoms with Crippen LogP contribution in [0.3, 0.4) is 0 Å². The molecule has 4 aliphatic rings. The quantitative estimate of drug-likeness (QED) is 0.562. The summed E-state index contributed by atoms with van der Waals surface area (Å²) in [5.41, 5.74) is 0.667. The lowest BCUT2D eigenvalue weighted by molar-refractivity contribution is -0.0606. The molecular formula is C20H34O. The molecule has 0 aromatic carbocycles. The molecule has 4 fully saturated rings. The molecule has 1 heteroatoms. The van der Waals surface area contributed by atoms with Crippen LogP contribution in [0.2, 0.25) is 0 Å². The predicted octanol–water partition coefficient (Wildman–Crippen LogP) is 5.14. The van der Waals surface area contributed by atoms with E-state index in [-0.39, 0.29) is 5.60 Å². The smallest absolute Gasteiger partial charge is 0.0926 e. The SMILES string of the molecule is CC1CC2CC3(C)OC3C3C(C(C)CC(C)C3(C)C)C2C1. The van der Waals surface area contributed by atoms with E-state index >= 15 is 0 Å². The third kappa shape index (κ3) is 1.92. The van der Waals surface area contributed by atoms with E-state index in [0.29, 0.717) is 11.5 Å². The molecule has 1 nitrogen and oxygen atoms in total. The number of epoxide rings is 1. The Morgan fingerprint density at radius 2 is 1.67 bits per heavy atom. The molecular weight excluding hydrogens is 256 g/mol. The van der Waals surface area contributed by atoms with Gasteiger partial charge in [-0.3, -0.25) is 0 Å². The van der Waals surface area contributed by atoms with Crippen molar-refractivity contribution in [2.45, 2.75) is 78.9 Å². The summed E-state index contributed by atoms with van der Waals surface area (Å²) < 4.78 is 6.39. The maximum Gasteiger partial charge on any atom is 0.0926 e. The van der Waals surface area contributed by atoms with Gasteiger partial charge in [0.1, 0.15) is 0 Å². The van der Waals surface area contributed by atoms with E-state index in [1.54, 1.807) is 0 Å². The molecule has 3 saturated carbocycles. The van der Waals surface area contributed by atoms with Crippen LogP contribution in [0.5, 0.6) is 0 Å². The molecule has 0 aromatic heterocycles. The molecule has 0 aromatic rings. The van der Waals surface area contributed by atoms with Gasteiger partial charge in [-0.25, -0.2) is 0 Å². The van der Waals surface area contributed by atoms with Crippen molar-refractivity contribution in [3.8, 4) is 0 Å². The van der Waals surface area contributed by atoms with Crippen LogP contribution in [-0.2, 0) is 4.74 Å². The largest absolute Gasteiger partial charge is 0.366 e. The average Bonchev–Trinajstić information content (AvgIpc) is 2.89. The zero-order valence-electron chi connectivity index (χ0n) is 14.9. The van der Waals surface area contributed by atoms with Gasteiger partial charge in [-0.1, -0.05) is 34.6 Å². The summed E-state index contributed by atoms with van der Waals surface area (Å²) >= 11 is 0. The summed E-state index contributed by atoms with van der Waals surface area (Å²) in [5, 5.41) is 0. The minimum atomic E-state index is 0.223. The maximum atomic E-state index is 6.39. The normalized spacial score (nSPS) is 61.4. The highest BCUT2D eigenvalue weighted by molar-refractivity contribution is 5.15. The summed E-state index contributed by atoms with van der Waals surface area (Å²) in [6.07, 6.45) is 6.28. The summed E-state index contributed by atoms with van der Waals surface area (Å²) in [6, 6.07) is 0. The highest BCUT2D eigenvalue weighted by Crippen LogP contribution is 2.67. The molecule has 4 rings (SSSR count). The second-order valence-electron chi connectivity index (χ2n) is 10.1. The number of rotatable bonds is 0. The van der Waals surface area contributed by atoms with Crippen LogP contribution < -0.4 is 0 Å². The van der Waals surface area contributed by atoms with Crippen LogP contribution in [-0.4, -0.2) is 11.7 Å². The van der Waals surface area contributed by atoms with Gasteiger partial charge in [0, 0.05) is 0 Å². The first kappa shape index (κ1) is 14.5. The van der Waals surface area contributed by atoms with Crippen LogP contribution in [0.1, 0.15) is 67.2 Å². The zero-order chi connectivity index (χ0) is 15.2. The van der Waals surface area contributed by atoms with Crippen molar-refractivity contribution in [3.05, 3.63) is 0 Å². The molecule has 9 unspecified atom stereocenters. The van der Waals surface area contributed by atoms with Gasteiger partial charge in [0.2, 0.25) is 0 Å². The Kier molecular flexibility index (Phi) is 2.96. The van der Waals surface area contributed by atoms with E-state index in [2.05, 4.69) is 41.5 Å².